The molecule has 8 nitrogen and oxygen atoms in total. The largest absolute Gasteiger partial charge is 0.444 e. The van der Waals surface area contributed by atoms with E-state index in [0.717, 1.165) is 34.7 Å². The number of nitrogens with one attached hydrogen (secondary N) is 1. The van der Waals surface area contributed by atoms with Crippen molar-refractivity contribution in [2.75, 3.05) is 31.1 Å². The van der Waals surface area contributed by atoms with Crippen LogP contribution in [0.1, 0.15) is 64.3 Å². The van der Waals surface area contributed by atoms with Gasteiger partial charge >= 0.3 is 11.8 Å². The van der Waals surface area contributed by atoms with Crippen molar-refractivity contribution < 1.29 is 9.53 Å². The number of fused-ring (bicyclic) bond motifs is 1. The predicted molar refractivity (Wildman–Crippen MR) is 134 cm³/mol. The minimum absolute atomic E-state index is 0.257. The van der Waals surface area contributed by atoms with Crippen LogP contribution in [0, 0.1) is 0 Å². The van der Waals surface area contributed by atoms with Gasteiger partial charge in [-0.1, -0.05) is 32.0 Å². The summed E-state index contributed by atoms with van der Waals surface area (Å²) in [6.45, 7) is 15.0. The molecule has 2 aliphatic heterocycles. The summed E-state index contributed by atoms with van der Waals surface area (Å²) in [6.07, 6.45) is 0.509. The van der Waals surface area contributed by atoms with Gasteiger partial charge in [-0.05, 0) is 51.7 Å². The highest BCUT2D eigenvalue weighted by molar-refractivity contribution is 5.68. The topological polar surface area (TPSA) is 79.7 Å². The second-order valence-electron chi connectivity index (χ2n) is 10.6. The van der Waals surface area contributed by atoms with E-state index in [0.29, 0.717) is 38.8 Å². The first-order valence-electron chi connectivity index (χ1n) is 12.3. The first-order chi connectivity index (χ1) is 16.0. The number of piperazine rings is 1. The van der Waals surface area contributed by atoms with Gasteiger partial charge in [-0.25, -0.2) is 9.59 Å². The van der Waals surface area contributed by atoms with Gasteiger partial charge in [-0.2, -0.15) is 4.98 Å². The van der Waals surface area contributed by atoms with Gasteiger partial charge in [0.05, 0.1) is 5.69 Å². The third-order valence-corrected chi connectivity index (χ3v) is 6.44. The van der Waals surface area contributed by atoms with Crippen molar-refractivity contribution in [2.45, 2.75) is 72.1 Å². The molecule has 4 rings (SSSR count). The normalized spacial score (nSPS) is 18.7. The summed E-state index contributed by atoms with van der Waals surface area (Å²) >= 11 is 0. The zero-order valence-electron chi connectivity index (χ0n) is 21.2. The van der Waals surface area contributed by atoms with Crippen molar-refractivity contribution in [3.05, 3.63) is 51.6 Å². The molecule has 0 spiro atoms. The van der Waals surface area contributed by atoms with Crippen molar-refractivity contribution in [2.24, 2.45) is 0 Å². The van der Waals surface area contributed by atoms with Crippen LogP contribution in [0.3, 0.4) is 0 Å². The van der Waals surface area contributed by atoms with Crippen LogP contribution in [0.15, 0.2) is 29.1 Å². The molecule has 1 saturated heterocycles. The first kappa shape index (κ1) is 24.3. The Morgan fingerprint density at radius 1 is 1.15 bits per heavy atom. The lowest BCUT2D eigenvalue weighted by Crippen LogP contribution is -2.51. The molecular weight excluding hydrogens is 430 g/mol. The molecule has 2 aliphatic rings. The van der Waals surface area contributed by atoms with E-state index in [1.54, 1.807) is 9.47 Å². The summed E-state index contributed by atoms with van der Waals surface area (Å²) in [5.74, 6) is 1.05. The number of nitrogens with zero attached hydrogens (tertiary/aromatic N) is 4. The van der Waals surface area contributed by atoms with E-state index in [9.17, 15) is 9.59 Å². The van der Waals surface area contributed by atoms with Crippen LogP contribution >= 0.6 is 0 Å². The molecule has 1 N–H and O–H groups in total. The Morgan fingerprint density at radius 3 is 2.47 bits per heavy atom. The molecule has 1 unspecified atom stereocenters. The molecule has 0 aliphatic carbocycles. The average Bonchev–Trinajstić information content (AvgIpc) is 2.78. The van der Waals surface area contributed by atoms with Crippen molar-refractivity contribution in [1.82, 2.24) is 19.8 Å². The van der Waals surface area contributed by atoms with Crippen molar-refractivity contribution in [1.29, 1.82) is 0 Å². The number of hydrogen-bond donors (Lipinski definition) is 1. The molecule has 0 radical (unpaired) electrons. The number of hydrogen-bond acceptors (Lipinski definition) is 6. The summed E-state index contributed by atoms with van der Waals surface area (Å²) in [6, 6.07) is 8.38. The fourth-order valence-corrected chi connectivity index (χ4v) is 4.75. The lowest BCUT2D eigenvalue weighted by molar-refractivity contribution is 0.0240. The van der Waals surface area contributed by atoms with E-state index in [1.807, 2.05) is 39.0 Å². The van der Waals surface area contributed by atoms with Gasteiger partial charge in [-0.3, -0.25) is 4.57 Å². The lowest BCUT2D eigenvalue weighted by atomic mass is 9.98. The molecule has 0 saturated carbocycles. The summed E-state index contributed by atoms with van der Waals surface area (Å²) < 4.78 is 7.32. The number of aromatic nitrogens is 2. The maximum Gasteiger partial charge on any atom is 0.410 e. The average molecular weight is 468 g/mol. The highest BCUT2D eigenvalue weighted by Crippen LogP contribution is 2.30. The molecule has 1 amide bonds. The molecule has 1 atom stereocenters. The summed E-state index contributed by atoms with van der Waals surface area (Å²) in [4.78, 5) is 34.4. The second-order valence-corrected chi connectivity index (χ2v) is 10.6. The van der Waals surface area contributed by atoms with Crippen molar-refractivity contribution in [3.63, 3.8) is 0 Å². The number of amides is 1. The maximum absolute atomic E-state index is 13.5. The molecule has 1 aromatic heterocycles. The van der Waals surface area contributed by atoms with Crippen molar-refractivity contribution >= 4 is 11.9 Å². The van der Waals surface area contributed by atoms with Gasteiger partial charge in [0.1, 0.15) is 11.4 Å². The van der Waals surface area contributed by atoms with E-state index in [1.165, 1.54) is 0 Å². The number of carbonyl (C=O) groups is 1. The fourth-order valence-electron chi connectivity index (χ4n) is 4.75. The number of ether oxygens (including phenoxy) is 1. The van der Waals surface area contributed by atoms with Gasteiger partial charge < -0.3 is 19.9 Å². The third kappa shape index (κ3) is 4.97. The molecule has 1 aromatic carbocycles. The van der Waals surface area contributed by atoms with Gasteiger partial charge in [0.25, 0.3) is 0 Å². The van der Waals surface area contributed by atoms with E-state index in [2.05, 4.69) is 42.0 Å². The first-order valence-corrected chi connectivity index (χ1v) is 12.3. The minimum atomic E-state index is -0.519. The van der Waals surface area contributed by atoms with Crippen LogP contribution < -0.4 is 15.9 Å². The lowest BCUT2D eigenvalue weighted by Gasteiger charge is -2.38. The highest BCUT2D eigenvalue weighted by Gasteiger charge is 2.31. The molecule has 8 heteroatoms. The Hall–Kier alpha value is -2.87. The molecule has 34 heavy (non-hydrogen) atoms. The Morgan fingerprint density at radius 2 is 1.82 bits per heavy atom. The number of para-hydroxylation sites is 1. The standard InChI is InChI=1S/C26H37N5O3/c1-17(2)19-9-7-8-10-21(19)31-22-16-27-18(3)15-20(22)23(28-24(31)32)29-11-13-30(14-12-29)25(33)34-26(4,5)6/h7-10,17-18,27H,11-16H2,1-6H3. The van der Waals surface area contributed by atoms with Gasteiger partial charge in [-0.15, -0.1) is 0 Å². The quantitative estimate of drug-likeness (QED) is 0.745. The zero-order valence-corrected chi connectivity index (χ0v) is 21.2. The van der Waals surface area contributed by atoms with Crippen LogP contribution in [0.2, 0.25) is 0 Å². The fraction of sp³-hybridized carbons (Fsp3) is 0.577. The van der Waals surface area contributed by atoms with Crippen LogP contribution in [0.5, 0.6) is 0 Å². The molecular formula is C26H37N5O3. The van der Waals surface area contributed by atoms with E-state index < -0.39 is 5.60 Å². The van der Waals surface area contributed by atoms with Crippen LogP contribution in [0.4, 0.5) is 10.6 Å². The number of anilines is 1. The van der Waals surface area contributed by atoms with E-state index >= 15 is 0 Å². The summed E-state index contributed by atoms with van der Waals surface area (Å²) in [5.41, 5.74) is 3.36. The number of rotatable bonds is 3. The SMILES string of the molecule is CC1Cc2c(N3CCN(C(=O)OC(C)(C)C)CC3)nc(=O)n(-c3ccccc3C(C)C)c2CN1. The van der Waals surface area contributed by atoms with E-state index in [-0.39, 0.29) is 17.7 Å². The number of carbonyl (C=O) groups excluding carboxylic acids is 1. The second kappa shape index (κ2) is 9.41. The van der Waals surface area contributed by atoms with Gasteiger partial charge in [0, 0.05) is 50.0 Å². The Balaban J connectivity index is 1.68. The van der Waals surface area contributed by atoms with E-state index in [4.69, 9.17) is 4.74 Å². The van der Waals surface area contributed by atoms with Gasteiger partial charge in [0.15, 0.2) is 0 Å². The van der Waals surface area contributed by atoms with Crippen LogP contribution in [-0.4, -0.2) is 58.4 Å². The summed E-state index contributed by atoms with van der Waals surface area (Å²) in [7, 11) is 0. The van der Waals surface area contributed by atoms with Crippen LogP contribution in [0.25, 0.3) is 5.69 Å². The molecule has 184 valence electrons. The maximum atomic E-state index is 13.5. The Kier molecular flexibility index (Phi) is 6.71. The zero-order chi connectivity index (χ0) is 24.6. The molecule has 0 bridgehead atoms. The number of benzene rings is 1. The third-order valence-electron chi connectivity index (χ3n) is 6.44. The smallest absolute Gasteiger partial charge is 0.410 e. The minimum Gasteiger partial charge on any atom is -0.444 e. The molecule has 1 fully saturated rings. The van der Waals surface area contributed by atoms with Crippen molar-refractivity contribution in [3.8, 4) is 5.69 Å². The monoisotopic (exact) mass is 467 g/mol. The van der Waals surface area contributed by atoms with Gasteiger partial charge in [0.2, 0.25) is 0 Å². The van der Waals surface area contributed by atoms with Crippen LogP contribution in [-0.2, 0) is 17.7 Å². The Labute approximate surface area is 201 Å². The summed E-state index contributed by atoms with van der Waals surface area (Å²) in [5, 5.41) is 3.52. The molecule has 3 heterocycles. The predicted octanol–water partition coefficient (Wildman–Crippen LogP) is 3.45. The highest BCUT2D eigenvalue weighted by atomic mass is 16.6. The molecule has 2 aromatic rings. The Bertz CT molecular complexity index is 1110.